The predicted octanol–water partition coefficient (Wildman–Crippen LogP) is 3.96. The van der Waals surface area contributed by atoms with Gasteiger partial charge < -0.3 is 15.5 Å². The molecule has 3 aromatic rings. The number of anilines is 2. The molecule has 1 saturated heterocycles. The Morgan fingerprint density at radius 1 is 1.00 bits per heavy atom. The first-order valence-electron chi connectivity index (χ1n) is 11.7. The molecule has 0 radical (unpaired) electrons. The lowest BCUT2D eigenvalue weighted by Gasteiger charge is -2.30. The number of aliphatic hydroxyl groups is 2. The fourth-order valence-electron chi connectivity index (χ4n) is 4.93. The first-order chi connectivity index (χ1) is 16.0. The number of hydrogen-bond acceptors (Lipinski definition) is 8. The molecule has 4 heterocycles. The third kappa shape index (κ3) is 5.41. The molecule has 0 aromatic carbocycles. The molecule has 0 bridgehead atoms. The van der Waals surface area contributed by atoms with Crippen molar-refractivity contribution in [1.82, 2.24) is 19.9 Å². The summed E-state index contributed by atoms with van der Waals surface area (Å²) >= 11 is 1.74. The summed E-state index contributed by atoms with van der Waals surface area (Å²) in [5, 5.41) is 26.2. The van der Waals surface area contributed by atoms with E-state index in [0.717, 1.165) is 48.0 Å². The Hall–Kier alpha value is -2.39. The summed E-state index contributed by atoms with van der Waals surface area (Å²) in [4.78, 5) is 16.3. The molecule has 1 aliphatic carbocycles. The Morgan fingerprint density at radius 3 is 2.55 bits per heavy atom. The second kappa shape index (κ2) is 9.85. The lowest BCUT2D eigenvalue weighted by Crippen LogP contribution is -2.30. The van der Waals surface area contributed by atoms with Crippen LogP contribution >= 0.6 is 11.3 Å². The van der Waals surface area contributed by atoms with Crippen LogP contribution in [0.2, 0.25) is 0 Å². The number of nitrogens with zero attached hydrogens (tertiary/aromatic N) is 4. The number of thiazole rings is 1. The van der Waals surface area contributed by atoms with Crippen molar-refractivity contribution in [2.45, 2.75) is 50.7 Å². The summed E-state index contributed by atoms with van der Waals surface area (Å²) in [5.41, 5.74) is 2.95. The van der Waals surface area contributed by atoms with Crippen LogP contribution in [0.3, 0.4) is 0 Å². The number of likely N-dealkylation sites (tertiary alicyclic amines) is 1. The van der Waals surface area contributed by atoms with Crippen molar-refractivity contribution >= 4 is 23.0 Å². The highest BCUT2D eigenvalue weighted by molar-refractivity contribution is 7.10. The van der Waals surface area contributed by atoms with Gasteiger partial charge in [0.2, 0.25) is 0 Å². The Labute approximate surface area is 198 Å². The van der Waals surface area contributed by atoms with Gasteiger partial charge in [0.1, 0.15) is 11.6 Å². The predicted molar refractivity (Wildman–Crippen MR) is 131 cm³/mol. The Balaban J connectivity index is 1.19. The third-order valence-electron chi connectivity index (χ3n) is 6.75. The number of aryl methyl sites for hydroxylation is 1. The van der Waals surface area contributed by atoms with E-state index >= 15 is 0 Å². The van der Waals surface area contributed by atoms with Gasteiger partial charge >= 0.3 is 0 Å². The maximum Gasteiger partial charge on any atom is 0.132 e. The minimum absolute atomic E-state index is 0.507. The minimum Gasteiger partial charge on any atom is -0.389 e. The number of aromatic nitrogens is 3. The van der Waals surface area contributed by atoms with Crippen molar-refractivity contribution in [2.24, 2.45) is 5.92 Å². The molecule has 5 rings (SSSR count). The van der Waals surface area contributed by atoms with Gasteiger partial charge in [-0.2, -0.15) is 0 Å². The summed E-state index contributed by atoms with van der Waals surface area (Å²) in [6, 6.07) is 9.92. The third-order valence-corrected chi connectivity index (χ3v) is 7.76. The van der Waals surface area contributed by atoms with Gasteiger partial charge in [0.25, 0.3) is 0 Å². The molecule has 2 aliphatic rings. The second-order valence-corrected chi connectivity index (χ2v) is 10.3. The smallest absolute Gasteiger partial charge is 0.132 e. The van der Waals surface area contributed by atoms with Crippen LogP contribution in [0.25, 0.3) is 11.4 Å². The fourth-order valence-corrected chi connectivity index (χ4v) is 5.91. The average molecular weight is 466 g/mol. The van der Waals surface area contributed by atoms with Crippen LogP contribution < -0.4 is 5.32 Å². The zero-order valence-corrected chi connectivity index (χ0v) is 19.7. The first kappa shape index (κ1) is 22.4. The molecule has 0 amide bonds. The lowest BCUT2D eigenvalue weighted by molar-refractivity contribution is 0.0572. The highest BCUT2D eigenvalue weighted by Gasteiger charge is 2.32. The van der Waals surface area contributed by atoms with E-state index in [1.807, 2.05) is 37.3 Å². The van der Waals surface area contributed by atoms with Gasteiger partial charge in [0.15, 0.2) is 0 Å². The molecule has 174 valence electrons. The van der Waals surface area contributed by atoms with E-state index < -0.39 is 12.2 Å². The van der Waals surface area contributed by atoms with Crippen LogP contribution in [-0.2, 0) is 0 Å². The largest absolute Gasteiger partial charge is 0.389 e. The second-order valence-electron chi connectivity index (χ2n) is 9.39. The molecule has 0 spiro atoms. The molecule has 8 heteroatoms. The quantitative estimate of drug-likeness (QED) is 0.507. The van der Waals surface area contributed by atoms with Crippen LogP contribution in [0.4, 0.5) is 11.6 Å². The number of nitrogens with one attached hydrogen (secondary N) is 1. The van der Waals surface area contributed by atoms with Crippen molar-refractivity contribution in [3.63, 3.8) is 0 Å². The van der Waals surface area contributed by atoms with E-state index in [2.05, 4.69) is 20.6 Å². The maximum absolute atomic E-state index is 9.78. The molecule has 1 aliphatic heterocycles. The normalized spacial score (nSPS) is 25.9. The molecule has 2 atom stereocenters. The Morgan fingerprint density at radius 2 is 1.79 bits per heavy atom. The fraction of sp³-hybridized carbons (Fsp3) is 0.480. The van der Waals surface area contributed by atoms with Crippen molar-refractivity contribution in [1.29, 1.82) is 0 Å². The molecule has 7 nitrogen and oxygen atoms in total. The monoisotopic (exact) mass is 465 g/mol. The summed E-state index contributed by atoms with van der Waals surface area (Å²) in [6.07, 6.45) is 5.24. The van der Waals surface area contributed by atoms with E-state index in [1.54, 1.807) is 17.5 Å². The van der Waals surface area contributed by atoms with Crippen molar-refractivity contribution in [3.8, 4) is 11.4 Å². The van der Waals surface area contributed by atoms with Gasteiger partial charge in [-0.3, -0.25) is 4.90 Å². The zero-order valence-electron chi connectivity index (χ0n) is 18.9. The number of pyridine rings is 2. The van der Waals surface area contributed by atoms with Crippen molar-refractivity contribution < 1.29 is 10.2 Å². The molecule has 3 N–H and O–H groups in total. The van der Waals surface area contributed by atoms with Crippen LogP contribution in [0, 0.1) is 12.8 Å². The van der Waals surface area contributed by atoms with Gasteiger partial charge in [-0.25, -0.2) is 15.0 Å². The molecular formula is C25H31N5O2S. The summed E-state index contributed by atoms with van der Waals surface area (Å²) in [7, 11) is 0. The minimum atomic E-state index is -0.592. The zero-order chi connectivity index (χ0) is 22.8. The number of aliphatic hydroxyl groups excluding tert-OH is 2. The molecular weight excluding hydrogens is 434 g/mol. The van der Waals surface area contributed by atoms with Crippen LogP contribution in [0.1, 0.15) is 42.2 Å². The van der Waals surface area contributed by atoms with Gasteiger partial charge in [0, 0.05) is 37.1 Å². The van der Waals surface area contributed by atoms with E-state index in [9.17, 15) is 10.2 Å². The standard InChI is InChI=1S/C25H31N5O2S/c1-16-9-10-26-24(11-16)29-23-4-2-3-19(27-23)20-15-33-25(28-20)18-7-5-17(6-8-18)12-30-13-21(31)22(32)14-30/h2-4,9-11,15,17-18,21-22,31-32H,5-8,12-14H2,1H3,(H,26,27,29)/t17?,18?,21-,22+. The van der Waals surface area contributed by atoms with E-state index in [4.69, 9.17) is 9.97 Å². The van der Waals surface area contributed by atoms with Crippen LogP contribution in [-0.4, -0.2) is 61.9 Å². The highest BCUT2D eigenvalue weighted by Crippen LogP contribution is 2.38. The number of β-amino-alcohol motifs (C(OH)–C–C–N with tert-alkyl or cyclic N) is 2. The van der Waals surface area contributed by atoms with Gasteiger partial charge in [-0.15, -0.1) is 11.3 Å². The molecule has 33 heavy (non-hydrogen) atoms. The van der Waals surface area contributed by atoms with Gasteiger partial charge in [0.05, 0.1) is 28.6 Å². The molecule has 0 unspecified atom stereocenters. The summed E-state index contributed by atoms with van der Waals surface area (Å²) < 4.78 is 0. The molecule has 2 fully saturated rings. The Bertz CT molecular complexity index is 1070. The molecule has 3 aromatic heterocycles. The van der Waals surface area contributed by atoms with Crippen molar-refractivity contribution in [2.75, 3.05) is 25.0 Å². The number of rotatable bonds is 6. The highest BCUT2D eigenvalue weighted by atomic mass is 32.1. The van der Waals surface area contributed by atoms with Crippen molar-refractivity contribution in [3.05, 3.63) is 52.5 Å². The van der Waals surface area contributed by atoms with E-state index in [0.29, 0.717) is 24.9 Å². The van der Waals surface area contributed by atoms with E-state index in [-0.39, 0.29) is 0 Å². The Kier molecular flexibility index (Phi) is 6.69. The first-order valence-corrected chi connectivity index (χ1v) is 12.6. The average Bonchev–Trinajstić information content (AvgIpc) is 3.41. The van der Waals surface area contributed by atoms with Crippen LogP contribution in [0.15, 0.2) is 41.9 Å². The van der Waals surface area contributed by atoms with E-state index in [1.165, 1.54) is 17.8 Å². The van der Waals surface area contributed by atoms with Gasteiger partial charge in [-0.05, 0) is 68.4 Å². The lowest BCUT2D eigenvalue weighted by atomic mass is 9.82. The summed E-state index contributed by atoms with van der Waals surface area (Å²) in [6.45, 7) is 4.21. The SMILES string of the molecule is Cc1ccnc(Nc2cccc(-c3csc(C4CCC(CN5C[C@@H](O)[C@@H](O)C5)CC4)n3)n2)c1. The van der Waals surface area contributed by atoms with Crippen LogP contribution in [0.5, 0.6) is 0 Å². The number of hydrogen-bond donors (Lipinski definition) is 3. The maximum atomic E-state index is 9.78. The topological polar surface area (TPSA) is 94.4 Å². The summed E-state index contributed by atoms with van der Waals surface area (Å²) in [5.74, 6) is 2.69. The molecule has 1 saturated carbocycles. The van der Waals surface area contributed by atoms with Gasteiger partial charge in [-0.1, -0.05) is 6.07 Å².